The normalized spacial score (nSPS) is 12.0. The molecule has 0 aliphatic rings. The van der Waals surface area contributed by atoms with Crippen LogP contribution in [0.5, 0.6) is 0 Å². The lowest BCUT2D eigenvalue weighted by atomic mass is 10.1. The lowest BCUT2D eigenvalue weighted by Crippen LogP contribution is -2.45. The van der Waals surface area contributed by atoms with Gasteiger partial charge in [-0.15, -0.1) is 12.4 Å². The molecule has 18 heavy (non-hydrogen) atoms. The standard InChI is InChI=1S/C12H20N2O2S.ClH/c1-4-10-5-7-11(8-6-10)17(15,16)14-9-12(2,3)13;/h5-8,14H,4,9,13H2,1-3H3;1H. The van der Waals surface area contributed by atoms with Crippen LogP contribution in [0.1, 0.15) is 26.3 Å². The highest BCUT2D eigenvalue weighted by Gasteiger charge is 2.18. The number of rotatable bonds is 5. The molecule has 0 amide bonds. The van der Waals surface area contributed by atoms with Crippen molar-refractivity contribution in [2.45, 2.75) is 37.6 Å². The molecule has 1 rings (SSSR count). The van der Waals surface area contributed by atoms with Crippen molar-refractivity contribution >= 4 is 22.4 Å². The van der Waals surface area contributed by atoms with E-state index in [1.54, 1.807) is 26.0 Å². The Morgan fingerprint density at radius 3 is 2.11 bits per heavy atom. The minimum absolute atomic E-state index is 0. The topological polar surface area (TPSA) is 72.2 Å². The molecule has 0 atom stereocenters. The molecule has 3 N–H and O–H groups in total. The molecule has 0 saturated carbocycles. The third-order valence-corrected chi connectivity index (χ3v) is 3.78. The molecule has 0 fully saturated rings. The summed E-state index contributed by atoms with van der Waals surface area (Å²) in [5.74, 6) is 0. The molecule has 0 spiro atoms. The average molecular weight is 293 g/mol. The largest absolute Gasteiger partial charge is 0.324 e. The van der Waals surface area contributed by atoms with Crippen LogP contribution in [0.25, 0.3) is 0 Å². The van der Waals surface area contributed by atoms with Gasteiger partial charge in [0.25, 0.3) is 0 Å². The van der Waals surface area contributed by atoms with Crippen LogP contribution in [-0.4, -0.2) is 20.5 Å². The van der Waals surface area contributed by atoms with Gasteiger partial charge in [-0.2, -0.15) is 0 Å². The Kier molecular flexibility index (Phi) is 6.29. The Morgan fingerprint density at radius 1 is 1.22 bits per heavy atom. The van der Waals surface area contributed by atoms with E-state index in [-0.39, 0.29) is 23.8 Å². The van der Waals surface area contributed by atoms with E-state index in [9.17, 15) is 8.42 Å². The molecule has 1 aromatic rings. The van der Waals surface area contributed by atoms with Crippen molar-refractivity contribution in [3.8, 4) is 0 Å². The summed E-state index contributed by atoms with van der Waals surface area (Å²) in [6.07, 6.45) is 0.892. The van der Waals surface area contributed by atoms with Crippen molar-refractivity contribution in [2.75, 3.05) is 6.54 Å². The lowest BCUT2D eigenvalue weighted by molar-refractivity contribution is 0.498. The predicted octanol–water partition coefficient (Wildman–Crippen LogP) is 1.69. The van der Waals surface area contributed by atoms with E-state index in [1.165, 1.54) is 0 Å². The van der Waals surface area contributed by atoms with Crippen LogP contribution in [-0.2, 0) is 16.4 Å². The minimum Gasteiger partial charge on any atom is -0.324 e. The Bertz CT molecular complexity index is 464. The fourth-order valence-corrected chi connectivity index (χ4v) is 2.49. The number of sulfonamides is 1. The van der Waals surface area contributed by atoms with Gasteiger partial charge in [0.1, 0.15) is 0 Å². The third kappa shape index (κ3) is 5.35. The maximum absolute atomic E-state index is 11.9. The van der Waals surface area contributed by atoms with Crippen molar-refractivity contribution in [3.63, 3.8) is 0 Å². The van der Waals surface area contributed by atoms with Crippen LogP contribution in [0.2, 0.25) is 0 Å². The summed E-state index contributed by atoms with van der Waals surface area (Å²) in [5.41, 5.74) is 6.29. The minimum atomic E-state index is -3.45. The molecule has 0 bridgehead atoms. The number of hydrogen-bond donors (Lipinski definition) is 2. The summed E-state index contributed by atoms with van der Waals surface area (Å²) in [6, 6.07) is 6.87. The van der Waals surface area contributed by atoms with Crippen LogP contribution >= 0.6 is 12.4 Å². The van der Waals surface area contributed by atoms with E-state index >= 15 is 0 Å². The monoisotopic (exact) mass is 292 g/mol. The number of benzene rings is 1. The highest BCUT2D eigenvalue weighted by atomic mass is 35.5. The van der Waals surface area contributed by atoms with Crippen LogP contribution in [0.3, 0.4) is 0 Å². The molecule has 0 unspecified atom stereocenters. The maximum Gasteiger partial charge on any atom is 0.240 e. The smallest absolute Gasteiger partial charge is 0.240 e. The van der Waals surface area contributed by atoms with E-state index in [0.29, 0.717) is 0 Å². The summed E-state index contributed by atoms with van der Waals surface area (Å²) in [6.45, 7) is 5.79. The van der Waals surface area contributed by atoms with Gasteiger partial charge in [-0.25, -0.2) is 13.1 Å². The van der Waals surface area contributed by atoms with Crippen LogP contribution < -0.4 is 10.5 Å². The van der Waals surface area contributed by atoms with E-state index < -0.39 is 15.6 Å². The van der Waals surface area contributed by atoms with Crippen LogP contribution in [0.15, 0.2) is 29.2 Å². The van der Waals surface area contributed by atoms with Gasteiger partial charge >= 0.3 is 0 Å². The second-order valence-corrected chi connectivity index (χ2v) is 6.58. The van der Waals surface area contributed by atoms with Crippen molar-refractivity contribution in [1.82, 2.24) is 4.72 Å². The molecule has 0 aliphatic carbocycles. The average Bonchev–Trinajstić information content (AvgIpc) is 2.26. The Labute approximate surface area is 115 Å². The summed E-state index contributed by atoms with van der Waals surface area (Å²) in [7, 11) is -3.45. The second-order valence-electron chi connectivity index (χ2n) is 4.81. The first-order valence-electron chi connectivity index (χ1n) is 5.62. The number of nitrogens with two attached hydrogens (primary N) is 1. The van der Waals surface area contributed by atoms with Crippen molar-refractivity contribution < 1.29 is 8.42 Å². The van der Waals surface area contributed by atoms with Crippen LogP contribution in [0.4, 0.5) is 0 Å². The molecule has 0 radical (unpaired) electrons. The number of halogens is 1. The molecule has 104 valence electrons. The van der Waals surface area contributed by atoms with Crippen LogP contribution in [0, 0.1) is 0 Å². The molecule has 0 saturated heterocycles. The Morgan fingerprint density at radius 2 is 1.72 bits per heavy atom. The van der Waals surface area contributed by atoms with Crippen molar-refractivity contribution in [1.29, 1.82) is 0 Å². The zero-order chi connectivity index (χ0) is 13.1. The molecular formula is C12H21ClN2O2S. The Balaban J connectivity index is 0.00000289. The van der Waals surface area contributed by atoms with E-state index in [2.05, 4.69) is 4.72 Å². The quantitative estimate of drug-likeness (QED) is 0.867. The maximum atomic E-state index is 11.9. The fraction of sp³-hybridized carbons (Fsp3) is 0.500. The van der Waals surface area contributed by atoms with E-state index in [4.69, 9.17) is 5.73 Å². The number of hydrogen-bond acceptors (Lipinski definition) is 3. The van der Waals surface area contributed by atoms with Crippen molar-refractivity contribution in [2.24, 2.45) is 5.73 Å². The van der Waals surface area contributed by atoms with E-state index in [0.717, 1.165) is 12.0 Å². The SMILES string of the molecule is CCc1ccc(S(=O)(=O)NCC(C)(C)N)cc1.Cl. The highest BCUT2D eigenvalue weighted by molar-refractivity contribution is 7.89. The molecular weight excluding hydrogens is 272 g/mol. The van der Waals surface area contributed by atoms with Gasteiger partial charge in [0.2, 0.25) is 10.0 Å². The second kappa shape index (κ2) is 6.52. The number of nitrogens with one attached hydrogen (secondary N) is 1. The summed E-state index contributed by atoms with van der Waals surface area (Å²) >= 11 is 0. The highest BCUT2D eigenvalue weighted by Crippen LogP contribution is 2.11. The zero-order valence-electron chi connectivity index (χ0n) is 10.9. The van der Waals surface area contributed by atoms with Gasteiger partial charge in [-0.1, -0.05) is 19.1 Å². The predicted molar refractivity (Wildman–Crippen MR) is 76.5 cm³/mol. The molecule has 6 heteroatoms. The first-order valence-corrected chi connectivity index (χ1v) is 7.10. The van der Waals surface area contributed by atoms with Gasteiger partial charge < -0.3 is 5.73 Å². The molecule has 4 nitrogen and oxygen atoms in total. The van der Waals surface area contributed by atoms with E-state index in [1.807, 2.05) is 19.1 Å². The lowest BCUT2D eigenvalue weighted by Gasteiger charge is -2.18. The van der Waals surface area contributed by atoms with Crippen molar-refractivity contribution in [3.05, 3.63) is 29.8 Å². The van der Waals surface area contributed by atoms with Gasteiger partial charge in [-0.3, -0.25) is 0 Å². The van der Waals surface area contributed by atoms with Gasteiger partial charge in [0, 0.05) is 12.1 Å². The molecule has 1 aromatic carbocycles. The molecule has 0 heterocycles. The summed E-state index contributed by atoms with van der Waals surface area (Å²) < 4.78 is 26.3. The molecule has 0 aliphatic heterocycles. The summed E-state index contributed by atoms with van der Waals surface area (Å²) in [5, 5.41) is 0. The van der Waals surface area contributed by atoms with Gasteiger partial charge in [0.15, 0.2) is 0 Å². The fourth-order valence-electron chi connectivity index (χ4n) is 1.27. The van der Waals surface area contributed by atoms with Gasteiger partial charge in [0.05, 0.1) is 4.90 Å². The zero-order valence-corrected chi connectivity index (χ0v) is 12.6. The Hall–Kier alpha value is -0.620. The van der Waals surface area contributed by atoms with Gasteiger partial charge in [-0.05, 0) is 38.0 Å². The third-order valence-electron chi connectivity index (χ3n) is 2.36. The first-order chi connectivity index (χ1) is 7.74. The number of aryl methyl sites for hydroxylation is 1. The summed E-state index contributed by atoms with van der Waals surface area (Å²) in [4.78, 5) is 0.277. The first kappa shape index (κ1) is 17.4. The molecule has 0 aromatic heterocycles.